The quantitative estimate of drug-likeness (QED) is 0.886. The fraction of sp³-hybridized carbons (Fsp3) is 0.429. The molecule has 2 heterocycles. The Labute approximate surface area is 133 Å². The molecule has 0 spiro atoms. The number of rotatable bonds is 6. The molecule has 0 amide bonds. The molecule has 0 fully saturated rings. The van der Waals surface area contributed by atoms with Gasteiger partial charge < -0.3 is 10.2 Å². The van der Waals surface area contributed by atoms with Crippen molar-refractivity contribution in [2.45, 2.75) is 20.0 Å². The number of thiophene rings is 1. The van der Waals surface area contributed by atoms with Gasteiger partial charge in [0, 0.05) is 18.0 Å². The minimum Gasteiger partial charge on any atom is -0.377 e. The molecular weight excluding hydrogens is 308 g/mol. The van der Waals surface area contributed by atoms with E-state index in [1.165, 1.54) is 15.1 Å². The first kappa shape index (κ1) is 16.0. The van der Waals surface area contributed by atoms with Crippen molar-refractivity contribution in [1.29, 1.82) is 0 Å². The average Bonchev–Trinajstić information content (AvgIpc) is 2.85. The third kappa shape index (κ3) is 4.06. The summed E-state index contributed by atoms with van der Waals surface area (Å²) in [5.74, 6) is 0. The maximum absolute atomic E-state index is 12.1. The summed E-state index contributed by atoms with van der Waals surface area (Å²) >= 11 is 7.83. The van der Waals surface area contributed by atoms with Crippen LogP contribution in [0.15, 0.2) is 22.4 Å². The van der Waals surface area contributed by atoms with Gasteiger partial charge in [-0.05, 0) is 38.0 Å². The van der Waals surface area contributed by atoms with Gasteiger partial charge >= 0.3 is 0 Å². The van der Waals surface area contributed by atoms with E-state index in [4.69, 9.17) is 11.6 Å². The second-order valence-corrected chi connectivity index (χ2v) is 6.46. The molecule has 0 aromatic carbocycles. The highest BCUT2D eigenvalue weighted by Crippen LogP contribution is 2.20. The van der Waals surface area contributed by atoms with Gasteiger partial charge in [-0.1, -0.05) is 11.6 Å². The van der Waals surface area contributed by atoms with Crippen LogP contribution in [0.3, 0.4) is 0 Å². The summed E-state index contributed by atoms with van der Waals surface area (Å²) in [5, 5.41) is 9.59. The van der Waals surface area contributed by atoms with Gasteiger partial charge in [0.05, 0.1) is 18.4 Å². The summed E-state index contributed by atoms with van der Waals surface area (Å²) in [6.45, 7) is 3.97. The molecule has 0 unspecified atom stereocenters. The molecule has 2 aromatic rings. The summed E-state index contributed by atoms with van der Waals surface area (Å²) in [5.41, 5.74) is 1.55. The molecule has 114 valence electrons. The SMILES string of the molecule is Cc1ccsc1CNc1cnn(CCN(C)C)c(=O)c1Cl. The zero-order valence-corrected chi connectivity index (χ0v) is 14.0. The van der Waals surface area contributed by atoms with Crippen LogP contribution >= 0.6 is 22.9 Å². The first-order chi connectivity index (χ1) is 9.99. The van der Waals surface area contributed by atoms with E-state index in [1.54, 1.807) is 17.5 Å². The van der Waals surface area contributed by atoms with E-state index >= 15 is 0 Å². The van der Waals surface area contributed by atoms with Crippen molar-refractivity contribution >= 4 is 28.6 Å². The molecule has 0 aliphatic rings. The van der Waals surface area contributed by atoms with Crippen LogP contribution in [0.4, 0.5) is 5.69 Å². The van der Waals surface area contributed by atoms with Crippen LogP contribution < -0.4 is 10.9 Å². The van der Waals surface area contributed by atoms with Crippen molar-refractivity contribution in [3.8, 4) is 0 Å². The molecule has 0 aliphatic carbocycles. The van der Waals surface area contributed by atoms with Crippen molar-refractivity contribution < 1.29 is 0 Å². The fourth-order valence-corrected chi connectivity index (χ4v) is 2.86. The van der Waals surface area contributed by atoms with Gasteiger partial charge in [0.1, 0.15) is 5.02 Å². The van der Waals surface area contributed by atoms with E-state index in [2.05, 4.69) is 23.4 Å². The third-order valence-electron chi connectivity index (χ3n) is 3.15. The highest BCUT2D eigenvalue weighted by atomic mass is 35.5. The molecule has 7 heteroatoms. The van der Waals surface area contributed by atoms with E-state index in [0.717, 1.165) is 6.54 Å². The molecule has 2 aromatic heterocycles. The number of likely N-dealkylation sites (N-methyl/N-ethyl adjacent to an activating group) is 1. The van der Waals surface area contributed by atoms with Crippen LogP contribution in [-0.4, -0.2) is 35.3 Å². The molecule has 21 heavy (non-hydrogen) atoms. The molecule has 2 rings (SSSR count). The maximum Gasteiger partial charge on any atom is 0.287 e. The number of hydrogen-bond donors (Lipinski definition) is 1. The molecule has 0 saturated heterocycles. The number of halogens is 1. The molecular formula is C14H19ClN4OS. The lowest BCUT2D eigenvalue weighted by molar-refractivity contribution is 0.367. The van der Waals surface area contributed by atoms with Crippen LogP contribution in [-0.2, 0) is 13.1 Å². The van der Waals surface area contributed by atoms with Gasteiger partial charge in [-0.25, -0.2) is 4.68 Å². The number of anilines is 1. The van der Waals surface area contributed by atoms with E-state index in [9.17, 15) is 4.79 Å². The highest BCUT2D eigenvalue weighted by molar-refractivity contribution is 7.10. The Morgan fingerprint density at radius 1 is 1.48 bits per heavy atom. The van der Waals surface area contributed by atoms with E-state index < -0.39 is 0 Å². The number of nitrogens with one attached hydrogen (secondary N) is 1. The molecule has 0 aliphatic heterocycles. The molecule has 5 nitrogen and oxygen atoms in total. The summed E-state index contributed by atoms with van der Waals surface area (Å²) in [4.78, 5) is 15.4. The van der Waals surface area contributed by atoms with Crippen LogP contribution in [0.25, 0.3) is 0 Å². The lowest BCUT2D eigenvalue weighted by Crippen LogP contribution is -2.29. The van der Waals surface area contributed by atoms with Gasteiger partial charge in [0.15, 0.2) is 0 Å². The Morgan fingerprint density at radius 2 is 2.24 bits per heavy atom. The molecule has 0 saturated carbocycles. The van der Waals surface area contributed by atoms with E-state index in [1.807, 2.05) is 24.4 Å². The van der Waals surface area contributed by atoms with Crippen LogP contribution in [0.5, 0.6) is 0 Å². The Bertz CT molecular complexity index is 665. The predicted octanol–water partition coefficient (Wildman–Crippen LogP) is 2.44. The third-order valence-corrected chi connectivity index (χ3v) is 4.54. The van der Waals surface area contributed by atoms with E-state index in [-0.39, 0.29) is 10.6 Å². The summed E-state index contributed by atoms with van der Waals surface area (Å²) in [7, 11) is 3.90. The smallest absolute Gasteiger partial charge is 0.287 e. The highest BCUT2D eigenvalue weighted by Gasteiger charge is 2.10. The van der Waals surface area contributed by atoms with Crippen LogP contribution in [0.2, 0.25) is 5.02 Å². The largest absolute Gasteiger partial charge is 0.377 e. The topological polar surface area (TPSA) is 50.2 Å². The molecule has 1 N–H and O–H groups in total. The predicted molar refractivity (Wildman–Crippen MR) is 88.4 cm³/mol. The summed E-state index contributed by atoms with van der Waals surface area (Å²) in [6.07, 6.45) is 1.61. The molecule has 0 bridgehead atoms. The van der Waals surface area contributed by atoms with Gasteiger partial charge in [0.2, 0.25) is 0 Å². The monoisotopic (exact) mass is 326 g/mol. The zero-order valence-electron chi connectivity index (χ0n) is 12.4. The normalized spacial score (nSPS) is 11.1. The minimum absolute atomic E-state index is 0.193. The van der Waals surface area contributed by atoms with Crippen molar-refractivity contribution in [3.05, 3.63) is 43.5 Å². The van der Waals surface area contributed by atoms with Crippen LogP contribution in [0.1, 0.15) is 10.4 Å². The second-order valence-electron chi connectivity index (χ2n) is 5.08. The number of aryl methyl sites for hydroxylation is 1. The first-order valence-electron chi connectivity index (χ1n) is 6.66. The Balaban J connectivity index is 2.09. The Kier molecular flexibility index (Phi) is 5.39. The van der Waals surface area contributed by atoms with Crippen molar-refractivity contribution in [2.75, 3.05) is 26.0 Å². The molecule has 0 radical (unpaired) electrons. The van der Waals surface area contributed by atoms with Crippen molar-refractivity contribution in [3.63, 3.8) is 0 Å². The Hall–Kier alpha value is -1.37. The van der Waals surface area contributed by atoms with Gasteiger partial charge in [-0.15, -0.1) is 11.3 Å². The van der Waals surface area contributed by atoms with Crippen molar-refractivity contribution in [2.24, 2.45) is 0 Å². The number of aromatic nitrogens is 2. The fourth-order valence-electron chi connectivity index (χ4n) is 1.80. The Morgan fingerprint density at radius 3 is 2.86 bits per heavy atom. The number of hydrogen-bond acceptors (Lipinski definition) is 5. The zero-order chi connectivity index (χ0) is 15.4. The summed E-state index contributed by atoms with van der Waals surface area (Å²) < 4.78 is 1.39. The first-order valence-corrected chi connectivity index (χ1v) is 7.92. The maximum atomic E-state index is 12.1. The average molecular weight is 327 g/mol. The van der Waals surface area contributed by atoms with Crippen molar-refractivity contribution in [1.82, 2.24) is 14.7 Å². The lowest BCUT2D eigenvalue weighted by atomic mass is 10.3. The van der Waals surface area contributed by atoms with Crippen LogP contribution in [0, 0.1) is 6.92 Å². The van der Waals surface area contributed by atoms with Gasteiger partial charge in [-0.2, -0.15) is 5.10 Å². The standard InChI is InChI=1S/C14H19ClN4OS/c1-10-4-7-21-12(10)9-16-11-8-17-19(6-5-18(2)3)14(20)13(11)15/h4,7-8,16H,5-6,9H2,1-3H3. The van der Waals surface area contributed by atoms with Gasteiger partial charge in [-0.3, -0.25) is 4.79 Å². The summed E-state index contributed by atoms with van der Waals surface area (Å²) in [6, 6.07) is 2.07. The number of nitrogens with zero attached hydrogens (tertiary/aromatic N) is 3. The lowest BCUT2D eigenvalue weighted by Gasteiger charge is -2.12. The van der Waals surface area contributed by atoms with E-state index in [0.29, 0.717) is 18.8 Å². The second kappa shape index (κ2) is 7.06. The van der Waals surface area contributed by atoms with Gasteiger partial charge in [0.25, 0.3) is 5.56 Å². The minimum atomic E-state index is -0.258. The molecule has 0 atom stereocenters.